The van der Waals surface area contributed by atoms with Gasteiger partial charge in [-0.25, -0.2) is 18.6 Å². The maximum absolute atomic E-state index is 14.6. The number of nitrogens with zero attached hydrogens (tertiary/aromatic N) is 3. The molecule has 1 unspecified atom stereocenters. The van der Waals surface area contributed by atoms with Crippen molar-refractivity contribution in [3.8, 4) is 22.8 Å². The third-order valence-electron chi connectivity index (χ3n) is 6.33. The van der Waals surface area contributed by atoms with Gasteiger partial charge in [0.2, 0.25) is 11.8 Å². The average Bonchev–Trinajstić information content (AvgIpc) is 3.07. The van der Waals surface area contributed by atoms with Crippen molar-refractivity contribution in [2.24, 2.45) is 5.73 Å². The number of hydrogen-bond donors (Lipinski definition) is 4. The number of rotatable bonds is 10. The highest BCUT2D eigenvalue weighted by Crippen LogP contribution is 2.34. The summed E-state index contributed by atoms with van der Waals surface area (Å²) >= 11 is 0. The van der Waals surface area contributed by atoms with Gasteiger partial charge in [-0.2, -0.15) is 4.98 Å². The summed E-state index contributed by atoms with van der Waals surface area (Å²) < 4.78 is 51.4. The number of ether oxygens (including phenoxy) is 2. The number of primary amides is 1. The summed E-state index contributed by atoms with van der Waals surface area (Å²) in [6.45, 7) is 2.28. The molecule has 0 saturated heterocycles. The molecule has 3 amide bonds. The van der Waals surface area contributed by atoms with Crippen molar-refractivity contribution in [2.75, 3.05) is 58.5 Å². The van der Waals surface area contributed by atoms with Crippen LogP contribution in [-0.4, -0.2) is 96.8 Å². The molecule has 0 radical (unpaired) electrons. The first-order valence-electron chi connectivity index (χ1n) is 15.2. The molecule has 14 nitrogen and oxygen atoms in total. The average molecular weight is 718 g/mol. The van der Waals surface area contributed by atoms with E-state index in [1.54, 1.807) is 25.4 Å². The second-order valence-corrected chi connectivity index (χ2v) is 11.8. The fourth-order valence-electron chi connectivity index (χ4n) is 4.01. The lowest BCUT2D eigenvalue weighted by Crippen LogP contribution is -2.31. The van der Waals surface area contributed by atoms with E-state index < -0.39 is 28.5 Å². The summed E-state index contributed by atoms with van der Waals surface area (Å²) in [5.41, 5.74) is 6.10. The molecule has 0 saturated carbocycles. The first-order valence-corrected chi connectivity index (χ1v) is 17.0. The van der Waals surface area contributed by atoms with Gasteiger partial charge in [0.25, 0.3) is 0 Å². The molecular formula is C33H41F2N7O7S. The van der Waals surface area contributed by atoms with Gasteiger partial charge in [-0.15, -0.1) is 0 Å². The van der Waals surface area contributed by atoms with Crippen molar-refractivity contribution >= 4 is 46.9 Å². The van der Waals surface area contributed by atoms with Gasteiger partial charge in [0.1, 0.15) is 41.6 Å². The van der Waals surface area contributed by atoms with Crippen LogP contribution in [-0.2, 0) is 30.9 Å². The number of allylic oxidation sites excluding steroid dienone is 1. The Morgan fingerprint density at radius 1 is 1.08 bits per heavy atom. The van der Waals surface area contributed by atoms with Gasteiger partial charge in [-0.1, -0.05) is 0 Å². The Bertz CT molecular complexity index is 1650. The highest BCUT2D eigenvalue weighted by molar-refractivity contribution is 7.83. The summed E-state index contributed by atoms with van der Waals surface area (Å²) in [5, 5.41) is 8.21. The number of nitrogens with two attached hydrogens (primary N) is 1. The van der Waals surface area contributed by atoms with Crippen molar-refractivity contribution in [3.63, 3.8) is 0 Å². The Morgan fingerprint density at radius 3 is 2.52 bits per heavy atom. The normalized spacial score (nSPS) is 12.3. The number of benzene rings is 1. The number of halogens is 2. The Hall–Kier alpha value is -5.29. The Kier molecular flexibility index (Phi) is 18.3. The second-order valence-electron chi connectivity index (χ2n) is 10.4. The van der Waals surface area contributed by atoms with Gasteiger partial charge in [-0.05, 0) is 43.0 Å². The molecule has 1 aromatic carbocycles. The highest BCUT2D eigenvalue weighted by atomic mass is 32.2. The van der Waals surface area contributed by atoms with Gasteiger partial charge in [0.15, 0.2) is 0 Å². The maximum atomic E-state index is 14.6. The molecule has 1 atom stereocenters. The molecule has 5 N–H and O–H groups in total. The van der Waals surface area contributed by atoms with E-state index in [0.717, 1.165) is 24.6 Å². The number of pyridine rings is 2. The van der Waals surface area contributed by atoms with Crippen molar-refractivity contribution < 1.29 is 41.6 Å². The van der Waals surface area contributed by atoms with Crippen LogP contribution >= 0.6 is 0 Å². The first-order chi connectivity index (χ1) is 24.0. The van der Waals surface area contributed by atoms with Crippen LogP contribution in [0.3, 0.4) is 0 Å². The summed E-state index contributed by atoms with van der Waals surface area (Å²) in [6.07, 6.45) is 7.28. The summed E-state index contributed by atoms with van der Waals surface area (Å²) in [6, 6.07) is 8.35. The van der Waals surface area contributed by atoms with Crippen molar-refractivity contribution in [1.82, 2.24) is 25.5 Å². The van der Waals surface area contributed by atoms with Gasteiger partial charge in [0.05, 0.1) is 19.4 Å². The predicted octanol–water partition coefficient (Wildman–Crippen LogP) is 2.87. The van der Waals surface area contributed by atoms with E-state index in [1.807, 2.05) is 7.05 Å². The van der Waals surface area contributed by atoms with Crippen LogP contribution in [0.25, 0.3) is 11.1 Å². The zero-order valence-electron chi connectivity index (χ0n) is 27.9. The number of nitrogens with one attached hydrogen (secondary N) is 3. The van der Waals surface area contributed by atoms with Crippen molar-refractivity contribution in [3.05, 3.63) is 71.9 Å². The molecular weight excluding hydrogens is 676 g/mol. The molecule has 4 bridgehead atoms. The molecule has 2 aromatic heterocycles. The minimum absolute atomic E-state index is 0.155. The predicted molar refractivity (Wildman–Crippen MR) is 186 cm³/mol. The lowest BCUT2D eigenvalue weighted by molar-refractivity contribution is -0.124. The van der Waals surface area contributed by atoms with Gasteiger partial charge >= 0.3 is 6.03 Å². The summed E-state index contributed by atoms with van der Waals surface area (Å²) in [4.78, 5) is 50.4. The van der Waals surface area contributed by atoms with E-state index in [9.17, 15) is 32.2 Å². The SMILES string of the molecule is CNCCN(C)C(=O)/C=C\C=O.CS(=O)Cc1cc2nc(c1)OCCCOc1cc(F)ccc1-c1cc(ncc1F)N2.NC(=O)NCCC=O. The zero-order chi connectivity index (χ0) is 36.9. The third kappa shape index (κ3) is 15.3. The van der Waals surface area contributed by atoms with E-state index in [1.165, 1.54) is 41.3 Å². The number of likely N-dealkylation sites (N-methyl/N-ethyl adjacent to an activating group) is 2. The van der Waals surface area contributed by atoms with Crippen LogP contribution in [0.4, 0.5) is 25.2 Å². The number of urea groups is 1. The zero-order valence-corrected chi connectivity index (χ0v) is 28.8. The van der Waals surface area contributed by atoms with Crippen molar-refractivity contribution in [1.29, 1.82) is 0 Å². The number of amides is 3. The Labute approximate surface area is 291 Å². The van der Waals surface area contributed by atoms with Crippen LogP contribution in [0, 0.1) is 11.6 Å². The van der Waals surface area contributed by atoms with Crippen LogP contribution in [0.5, 0.6) is 11.6 Å². The van der Waals surface area contributed by atoms with E-state index in [-0.39, 0.29) is 23.8 Å². The monoisotopic (exact) mass is 717 g/mol. The van der Waals surface area contributed by atoms with Crippen LogP contribution < -0.4 is 31.2 Å². The van der Waals surface area contributed by atoms with E-state index in [2.05, 4.69) is 31.7 Å². The number of carbonyl (C=O) groups excluding carboxylic acids is 4. The lowest BCUT2D eigenvalue weighted by Gasteiger charge is -2.16. The number of carbonyl (C=O) groups is 4. The van der Waals surface area contributed by atoms with Gasteiger partial charge in [0, 0.05) is 91.7 Å². The Morgan fingerprint density at radius 2 is 1.84 bits per heavy atom. The van der Waals surface area contributed by atoms with Crippen LogP contribution in [0.2, 0.25) is 0 Å². The Balaban J connectivity index is 0.000000358. The molecule has 1 aliphatic heterocycles. The van der Waals surface area contributed by atoms with Gasteiger partial charge in [-0.3, -0.25) is 13.8 Å². The molecule has 1 aliphatic rings. The number of anilines is 2. The fourth-order valence-corrected chi connectivity index (χ4v) is 4.64. The minimum atomic E-state index is -1.04. The standard InChI is InChI=1S/C21H19F2N3O3S.C8H14N2O2.C4H8N2O2/c1-30(27)12-13-7-20-25-19-10-16(17(23)11-24-19)15-4-3-14(22)9-18(15)28-5-2-6-29-21(8-13)26-20;1-9-5-6-10(2)8(12)4-3-7-11;5-4(8)6-2-1-3-7/h3-4,7-11H,2,5-6,12H2,1H3,(H,24,25,26);3-4,7,9H,5-6H2,1-2H3;3H,1-2H2,(H3,5,6,8)/b;4-3-;. The summed E-state index contributed by atoms with van der Waals surface area (Å²) in [7, 11) is 2.47. The molecule has 0 fully saturated rings. The molecule has 50 heavy (non-hydrogen) atoms. The molecule has 0 aliphatic carbocycles. The van der Waals surface area contributed by atoms with Gasteiger partial charge < -0.3 is 40.9 Å². The second kappa shape index (κ2) is 22.4. The largest absolute Gasteiger partial charge is 0.493 e. The quantitative estimate of drug-likeness (QED) is 0.137. The molecule has 0 spiro atoms. The maximum Gasteiger partial charge on any atom is 0.312 e. The molecule has 270 valence electrons. The minimum Gasteiger partial charge on any atom is -0.493 e. The van der Waals surface area contributed by atoms with Crippen LogP contribution in [0.1, 0.15) is 18.4 Å². The molecule has 4 rings (SSSR count). The van der Waals surface area contributed by atoms with Crippen LogP contribution in [0.15, 0.2) is 54.7 Å². The first kappa shape index (κ1) is 40.9. The number of fused-ring (bicyclic) bond motifs is 6. The third-order valence-corrected chi connectivity index (χ3v) is 7.07. The fraction of sp³-hybridized carbons (Fsp3) is 0.333. The molecule has 17 heteroatoms. The number of hydrogen-bond acceptors (Lipinski definition) is 11. The number of aromatic nitrogens is 2. The smallest absolute Gasteiger partial charge is 0.312 e. The van der Waals surface area contributed by atoms with Crippen molar-refractivity contribution in [2.45, 2.75) is 18.6 Å². The lowest BCUT2D eigenvalue weighted by atomic mass is 10.0. The number of aldehydes is 2. The summed E-state index contributed by atoms with van der Waals surface area (Å²) in [5.74, 6) is 0.543. The van der Waals surface area contributed by atoms with E-state index in [0.29, 0.717) is 67.7 Å². The van der Waals surface area contributed by atoms with E-state index in [4.69, 9.17) is 9.47 Å². The molecule has 3 aromatic rings. The molecule has 3 heterocycles. The topological polar surface area (TPSA) is 195 Å². The highest BCUT2D eigenvalue weighted by Gasteiger charge is 2.16. The van der Waals surface area contributed by atoms with E-state index >= 15 is 0 Å².